The van der Waals surface area contributed by atoms with E-state index in [1.165, 1.54) is 16.4 Å². The number of anilines is 1. The van der Waals surface area contributed by atoms with Gasteiger partial charge in [-0.2, -0.15) is 4.31 Å². The minimum absolute atomic E-state index is 0.0819. The Bertz CT molecular complexity index is 917. The van der Waals surface area contributed by atoms with Gasteiger partial charge in [0, 0.05) is 18.7 Å². The quantitative estimate of drug-likeness (QED) is 0.864. The molecule has 1 atom stereocenters. The van der Waals surface area contributed by atoms with Gasteiger partial charge < -0.3 is 10.1 Å². The lowest BCUT2D eigenvalue weighted by atomic mass is 10.2. The van der Waals surface area contributed by atoms with Crippen LogP contribution in [-0.2, 0) is 14.8 Å². The maximum absolute atomic E-state index is 12.8. The van der Waals surface area contributed by atoms with Gasteiger partial charge in [0.25, 0.3) is 5.91 Å². The van der Waals surface area contributed by atoms with Crippen molar-refractivity contribution in [3.63, 3.8) is 0 Å². The molecule has 1 aliphatic heterocycles. The molecule has 1 aliphatic rings. The van der Waals surface area contributed by atoms with Crippen molar-refractivity contribution < 1.29 is 17.9 Å². The summed E-state index contributed by atoms with van der Waals surface area (Å²) in [4.78, 5) is 12.6. The molecule has 6 nitrogen and oxygen atoms in total. The Balaban J connectivity index is 1.83. The molecule has 0 radical (unpaired) electrons. The van der Waals surface area contributed by atoms with E-state index in [1.54, 1.807) is 36.4 Å². The molecule has 2 aromatic carbocycles. The monoisotopic (exact) mass is 394 g/mol. The van der Waals surface area contributed by atoms with E-state index in [-0.39, 0.29) is 16.6 Å². The third-order valence-electron chi connectivity index (χ3n) is 4.06. The number of sulfonamides is 1. The van der Waals surface area contributed by atoms with Crippen LogP contribution in [-0.4, -0.2) is 44.4 Å². The molecular weight excluding hydrogens is 376 g/mol. The van der Waals surface area contributed by atoms with Crippen molar-refractivity contribution in [3.8, 4) is 0 Å². The van der Waals surface area contributed by atoms with Gasteiger partial charge in [-0.3, -0.25) is 4.79 Å². The summed E-state index contributed by atoms with van der Waals surface area (Å²) in [5, 5.41) is 3.10. The van der Waals surface area contributed by atoms with Crippen LogP contribution in [0.3, 0.4) is 0 Å². The molecule has 1 heterocycles. The Labute approximate surface area is 157 Å². The van der Waals surface area contributed by atoms with E-state index in [2.05, 4.69) is 5.32 Å². The standard InChI is InChI=1S/C18H19ClN2O4S/c1-13-12-21(9-10-25-13)26(23,24)15-6-4-5-14(11-15)18(22)20-17-8-3-2-7-16(17)19/h2-8,11,13H,9-10,12H2,1H3,(H,20,22). The number of nitrogens with one attached hydrogen (secondary N) is 1. The van der Waals surface area contributed by atoms with Crippen LogP contribution in [0.25, 0.3) is 0 Å². The average molecular weight is 395 g/mol. The van der Waals surface area contributed by atoms with E-state index in [1.807, 2.05) is 6.92 Å². The second-order valence-electron chi connectivity index (χ2n) is 6.01. The first-order valence-electron chi connectivity index (χ1n) is 8.15. The zero-order chi connectivity index (χ0) is 18.7. The summed E-state index contributed by atoms with van der Waals surface area (Å²) >= 11 is 6.05. The number of carbonyl (C=O) groups excluding carboxylic acids is 1. The smallest absolute Gasteiger partial charge is 0.255 e. The van der Waals surface area contributed by atoms with Crippen molar-refractivity contribution in [3.05, 3.63) is 59.1 Å². The fraction of sp³-hybridized carbons (Fsp3) is 0.278. The van der Waals surface area contributed by atoms with Gasteiger partial charge in [0.05, 0.1) is 28.3 Å². The van der Waals surface area contributed by atoms with Gasteiger partial charge in [-0.1, -0.05) is 29.8 Å². The maximum Gasteiger partial charge on any atom is 0.255 e. The molecule has 1 unspecified atom stereocenters. The van der Waals surface area contributed by atoms with E-state index in [4.69, 9.17) is 16.3 Å². The van der Waals surface area contributed by atoms with Crippen molar-refractivity contribution in [2.45, 2.75) is 17.9 Å². The zero-order valence-electron chi connectivity index (χ0n) is 14.2. The van der Waals surface area contributed by atoms with E-state index >= 15 is 0 Å². The first-order valence-corrected chi connectivity index (χ1v) is 9.97. The van der Waals surface area contributed by atoms with Crippen LogP contribution >= 0.6 is 11.6 Å². The lowest BCUT2D eigenvalue weighted by Crippen LogP contribution is -2.44. The lowest BCUT2D eigenvalue weighted by molar-refractivity contribution is 0.0102. The molecule has 1 fully saturated rings. The zero-order valence-corrected chi connectivity index (χ0v) is 15.8. The van der Waals surface area contributed by atoms with Crippen molar-refractivity contribution in [1.82, 2.24) is 4.31 Å². The normalized spacial score (nSPS) is 18.5. The summed E-state index contributed by atoms with van der Waals surface area (Å²) < 4.78 is 32.5. The molecule has 0 spiro atoms. The number of nitrogens with zero attached hydrogens (tertiary/aromatic N) is 1. The van der Waals surface area contributed by atoms with Crippen LogP contribution in [0.2, 0.25) is 5.02 Å². The molecule has 1 N–H and O–H groups in total. The second-order valence-corrected chi connectivity index (χ2v) is 8.35. The Hall–Kier alpha value is -1.93. The fourth-order valence-electron chi connectivity index (χ4n) is 2.71. The number of para-hydroxylation sites is 1. The molecular formula is C18H19ClN2O4S. The van der Waals surface area contributed by atoms with Gasteiger partial charge in [-0.05, 0) is 37.3 Å². The summed E-state index contributed by atoms with van der Waals surface area (Å²) in [5.74, 6) is -0.425. The van der Waals surface area contributed by atoms with E-state index in [9.17, 15) is 13.2 Å². The largest absolute Gasteiger partial charge is 0.376 e. The average Bonchev–Trinajstić information content (AvgIpc) is 2.63. The number of hydrogen-bond acceptors (Lipinski definition) is 4. The second kappa shape index (κ2) is 7.75. The molecule has 8 heteroatoms. The highest BCUT2D eigenvalue weighted by Crippen LogP contribution is 2.23. The van der Waals surface area contributed by atoms with Crippen molar-refractivity contribution in [1.29, 1.82) is 0 Å². The number of carbonyl (C=O) groups is 1. The van der Waals surface area contributed by atoms with Gasteiger partial charge >= 0.3 is 0 Å². The molecule has 0 aromatic heterocycles. The highest BCUT2D eigenvalue weighted by atomic mass is 35.5. The molecule has 0 aliphatic carbocycles. The van der Waals surface area contributed by atoms with Gasteiger partial charge in [0.15, 0.2) is 0 Å². The number of rotatable bonds is 4. The first kappa shape index (κ1) is 18.8. The Kier molecular flexibility index (Phi) is 5.62. The highest BCUT2D eigenvalue weighted by Gasteiger charge is 2.29. The number of halogens is 1. The highest BCUT2D eigenvalue weighted by molar-refractivity contribution is 7.89. The number of ether oxygens (including phenoxy) is 1. The van der Waals surface area contributed by atoms with Crippen molar-refractivity contribution >= 4 is 33.2 Å². The summed E-state index contributed by atoms with van der Waals surface area (Å²) in [6.07, 6.45) is -0.162. The minimum Gasteiger partial charge on any atom is -0.376 e. The van der Waals surface area contributed by atoms with Crippen LogP contribution in [0, 0.1) is 0 Å². The Morgan fingerprint density at radius 2 is 2.00 bits per heavy atom. The summed E-state index contributed by atoms with van der Waals surface area (Å²) in [6.45, 7) is 2.77. The predicted molar refractivity (Wildman–Crippen MR) is 100 cm³/mol. The maximum atomic E-state index is 12.8. The summed E-state index contributed by atoms with van der Waals surface area (Å²) in [5.41, 5.74) is 0.710. The Morgan fingerprint density at radius 1 is 1.23 bits per heavy atom. The molecule has 0 bridgehead atoms. The van der Waals surface area contributed by atoms with Crippen LogP contribution < -0.4 is 5.32 Å². The SMILES string of the molecule is CC1CN(S(=O)(=O)c2cccc(C(=O)Nc3ccccc3Cl)c2)CCO1. The van der Waals surface area contributed by atoms with Crippen LogP contribution in [0.15, 0.2) is 53.4 Å². The molecule has 26 heavy (non-hydrogen) atoms. The lowest BCUT2D eigenvalue weighted by Gasteiger charge is -2.30. The predicted octanol–water partition coefficient (Wildman–Crippen LogP) is 3.00. The fourth-order valence-corrected chi connectivity index (χ4v) is 4.44. The third kappa shape index (κ3) is 4.07. The van der Waals surface area contributed by atoms with Gasteiger partial charge in [-0.15, -0.1) is 0 Å². The van der Waals surface area contributed by atoms with Crippen LogP contribution in [0.1, 0.15) is 17.3 Å². The molecule has 138 valence electrons. The molecule has 0 saturated carbocycles. The Morgan fingerprint density at radius 3 is 2.73 bits per heavy atom. The molecule has 1 amide bonds. The minimum atomic E-state index is -3.68. The third-order valence-corrected chi connectivity index (χ3v) is 6.25. The van der Waals surface area contributed by atoms with Gasteiger partial charge in [0.2, 0.25) is 10.0 Å². The van der Waals surface area contributed by atoms with Crippen molar-refractivity contribution in [2.24, 2.45) is 0 Å². The topological polar surface area (TPSA) is 75.7 Å². The number of amides is 1. The number of morpholine rings is 1. The number of benzene rings is 2. The summed E-state index contributed by atoms with van der Waals surface area (Å²) in [7, 11) is -3.68. The first-order chi connectivity index (χ1) is 12.4. The molecule has 2 aromatic rings. The summed E-state index contributed by atoms with van der Waals surface area (Å²) in [6, 6.07) is 12.8. The van der Waals surface area contributed by atoms with Crippen LogP contribution in [0.5, 0.6) is 0 Å². The van der Waals surface area contributed by atoms with Gasteiger partial charge in [-0.25, -0.2) is 8.42 Å². The number of hydrogen-bond donors (Lipinski definition) is 1. The van der Waals surface area contributed by atoms with Gasteiger partial charge in [0.1, 0.15) is 0 Å². The van der Waals surface area contributed by atoms with Crippen molar-refractivity contribution in [2.75, 3.05) is 25.0 Å². The molecule has 1 saturated heterocycles. The van der Waals surface area contributed by atoms with E-state index in [0.717, 1.165) is 0 Å². The van der Waals surface area contributed by atoms with E-state index < -0.39 is 15.9 Å². The van der Waals surface area contributed by atoms with Crippen LogP contribution in [0.4, 0.5) is 5.69 Å². The molecule has 3 rings (SSSR count). The van der Waals surface area contributed by atoms with E-state index in [0.29, 0.717) is 30.4 Å².